The van der Waals surface area contributed by atoms with Gasteiger partial charge < -0.3 is 4.74 Å². The number of hydrazone groups is 2. The molecule has 1 rings (SSSR count). The summed E-state index contributed by atoms with van der Waals surface area (Å²) in [5, 5.41) is 8.78. The highest BCUT2D eigenvalue weighted by atomic mass is 16.5. The van der Waals surface area contributed by atoms with Crippen LogP contribution in [0.2, 0.25) is 0 Å². The minimum absolute atomic E-state index is 0.753. The van der Waals surface area contributed by atoms with Gasteiger partial charge in [-0.05, 0) is 18.6 Å². The van der Waals surface area contributed by atoms with E-state index in [0.29, 0.717) is 0 Å². The average molecular weight is 191 g/mol. The van der Waals surface area contributed by atoms with E-state index < -0.39 is 0 Å². The fourth-order valence-electron chi connectivity index (χ4n) is 1.13. The first kappa shape index (κ1) is 10.2. The lowest BCUT2D eigenvalue weighted by atomic mass is 10.2. The lowest BCUT2D eigenvalue weighted by Gasteiger charge is -2.14. The number of rotatable bonds is 4. The van der Waals surface area contributed by atoms with Gasteiger partial charge in [0.25, 0.3) is 0 Å². The molecule has 1 aromatic rings. The molecule has 0 saturated carbocycles. The van der Waals surface area contributed by atoms with Crippen LogP contribution in [0.15, 0.2) is 28.4 Å². The van der Waals surface area contributed by atoms with E-state index in [1.165, 1.54) is 5.12 Å². The Morgan fingerprint density at radius 2 is 1.93 bits per heavy atom. The monoisotopic (exact) mass is 191 g/mol. The van der Waals surface area contributed by atoms with E-state index in [9.17, 15) is 0 Å². The third kappa shape index (κ3) is 1.90. The standard InChI is InChI=1S/C10H13N3O/c1-8-5-6-9(14-4)7-10(8)13(11-2)12-3/h5-7H,2-3H2,1,4H3. The number of hydrogen-bond donors (Lipinski definition) is 0. The molecule has 0 aliphatic carbocycles. The molecule has 0 unspecified atom stereocenters. The maximum absolute atomic E-state index is 5.10. The van der Waals surface area contributed by atoms with Gasteiger partial charge >= 0.3 is 0 Å². The molecule has 4 nitrogen and oxygen atoms in total. The SMILES string of the molecule is C=NN(N=C)c1cc(OC)ccc1C. The average Bonchev–Trinajstić information content (AvgIpc) is 2.22. The number of nitrogens with zero attached hydrogens (tertiary/aromatic N) is 3. The smallest absolute Gasteiger partial charge is 0.121 e. The molecule has 0 amide bonds. The Labute approximate surface area is 83.5 Å². The molecule has 4 heteroatoms. The topological polar surface area (TPSA) is 37.2 Å². The second-order valence-corrected chi connectivity index (χ2v) is 2.72. The van der Waals surface area contributed by atoms with Crippen LogP contribution < -0.4 is 9.85 Å². The molecule has 1 aromatic carbocycles. The molecule has 0 atom stereocenters. The Morgan fingerprint density at radius 1 is 1.29 bits per heavy atom. The highest BCUT2D eigenvalue weighted by Crippen LogP contribution is 2.25. The summed E-state index contributed by atoms with van der Waals surface area (Å²) >= 11 is 0. The van der Waals surface area contributed by atoms with Crippen molar-refractivity contribution >= 4 is 19.1 Å². The van der Waals surface area contributed by atoms with Crippen molar-refractivity contribution in [1.29, 1.82) is 0 Å². The summed E-state index contributed by atoms with van der Waals surface area (Å²) in [5.74, 6) is 0.753. The summed E-state index contributed by atoms with van der Waals surface area (Å²) in [6, 6.07) is 5.64. The third-order valence-electron chi connectivity index (χ3n) is 1.90. The number of benzene rings is 1. The van der Waals surface area contributed by atoms with E-state index in [4.69, 9.17) is 4.74 Å². The number of methoxy groups -OCH3 is 1. The van der Waals surface area contributed by atoms with Gasteiger partial charge in [0.15, 0.2) is 0 Å². The normalized spacial score (nSPS) is 9.29. The predicted molar refractivity (Wildman–Crippen MR) is 59.3 cm³/mol. The van der Waals surface area contributed by atoms with Crippen molar-refractivity contribution in [3.63, 3.8) is 0 Å². The second kappa shape index (κ2) is 4.41. The summed E-state index contributed by atoms with van der Waals surface area (Å²) in [6.07, 6.45) is 0. The maximum atomic E-state index is 5.10. The quantitative estimate of drug-likeness (QED) is 0.539. The van der Waals surface area contributed by atoms with Gasteiger partial charge in [-0.15, -0.1) is 0 Å². The molecule has 0 radical (unpaired) electrons. The summed E-state index contributed by atoms with van der Waals surface area (Å²) in [7, 11) is 1.61. The molecule has 0 spiro atoms. The molecular weight excluding hydrogens is 178 g/mol. The zero-order chi connectivity index (χ0) is 10.6. The van der Waals surface area contributed by atoms with Gasteiger partial charge in [0.2, 0.25) is 0 Å². The number of hydrogen-bond acceptors (Lipinski definition) is 4. The minimum atomic E-state index is 0.753. The molecular formula is C10H13N3O. The maximum Gasteiger partial charge on any atom is 0.121 e. The van der Waals surface area contributed by atoms with Crippen molar-refractivity contribution in [2.24, 2.45) is 10.2 Å². The van der Waals surface area contributed by atoms with Gasteiger partial charge in [-0.1, -0.05) is 6.07 Å². The van der Waals surface area contributed by atoms with E-state index >= 15 is 0 Å². The van der Waals surface area contributed by atoms with E-state index in [1.807, 2.05) is 25.1 Å². The van der Waals surface area contributed by atoms with Gasteiger partial charge in [-0.25, -0.2) is 0 Å². The molecule has 14 heavy (non-hydrogen) atoms. The Bertz CT molecular complexity index is 341. The van der Waals surface area contributed by atoms with E-state index in [0.717, 1.165) is 17.0 Å². The highest BCUT2D eigenvalue weighted by Gasteiger charge is 2.06. The minimum Gasteiger partial charge on any atom is -0.497 e. The molecule has 0 aromatic heterocycles. The summed E-state index contributed by atoms with van der Waals surface area (Å²) in [6.45, 7) is 8.77. The van der Waals surface area contributed by atoms with Crippen molar-refractivity contribution in [2.75, 3.05) is 12.2 Å². The van der Waals surface area contributed by atoms with Gasteiger partial charge in [0.05, 0.1) is 12.8 Å². The zero-order valence-corrected chi connectivity index (χ0v) is 8.40. The Morgan fingerprint density at radius 3 is 2.43 bits per heavy atom. The molecule has 0 bridgehead atoms. The lowest BCUT2D eigenvalue weighted by Crippen LogP contribution is -2.07. The van der Waals surface area contributed by atoms with Crippen molar-refractivity contribution < 1.29 is 4.74 Å². The molecule has 0 aliphatic rings. The molecule has 0 heterocycles. The molecule has 0 aliphatic heterocycles. The lowest BCUT2D eigenvalue weighted by molar-refractivity contribution is 0.414. The Balaban J connectivity index is 3.16. The van der Waals surface area contributed by atoms with E-state index in [2.05, 4.69) is 23.6 Å². The highest BCUT2D eigenvalue weighted by molar-refractivity contribution is 5.57. The molecule has 0 fully saturated rings. The van der Waals surface area contributed by atoms with Crippen LogP contribution in [-0.4, -0.2) is 20.5 Å². The van der Waals surface area contributed by atoms with Crippen molar-refractivity contribution in [2.45, 2.75) is 6.92 Å². The largest absolute Gasteiger partial charge is 0.497 e. The first-order valence-electron chi connectivity index (χ1n) is 4.11. The molecule has 0 saturated heterocycles. The number of anilines is 1. The molecule has 74 valence electrons. The molecule has 0 N–H and O–H groups in total. The van der Waals surface area contributed by atoms with Crippen LogP contribution in [0, 0.1) is 6.92 Å². The van der Waals surface area contributed by atoms with E-state index in [1.54, 1.807) is 7.11 Å². The first-order chi connectivity index (χ1) is 6.72. The van der Waals surface area contributed by atoms with Crippen LogP contribution in [0.5, 0.6) is 5.75 Å². The predicted octanol–water partition coefficient (Wildman–Crippen LogP) is 2.04. The van der Waals surface area contributed by atoms with Crippen molar-refractivity contribution in [1.82, 2.24) is 0 Å². The van der Waals surface area contributed by atoms with Crippen LogP contribution in [0.3, 0.4) is 0 Å². The van der Waals surface area contributed by atoms with Crippen LogP contribution in [0.25, 0.3) is 0 Å². The third-order valence-corrected chi connectivity index (χ3v) is 1.90. The van der Waals surface area contributed by atoms with Crippen molar-refractivity contribution in [3.8, 4) is 5.75 Å². The van der Waals surface area contributed by atoms with Gasteiger partial charge in [0, 0.05) is 19.5 Å². The number of aryl methyl sites for hydroxylation is 1. The number of ether oxygens (including phenoxy) is 1. The van der Waals surface area contributed by atoms with Gasteiger partial charge in [0.1, 0.15) is 5.75 Å². The fraction of sp³-hybridized carbons (Fsp3) is 0.200. The zero-order valence-electron chi connectivity index (χ0n) is 8.40. The summed E-state index contributed by atoms with van der Waals surface area (Å²) in [5.41, 5.74) is 1.85. The van der Waals surface area contributed by atoms with Crippen molar-refractivity contribution in [3.05, 3.63) is 23.8 Å². The first-order valence-corrected chi connectivity index (χ1v) is 4.11. The Kier molecular flexibility index (Phi) is 3.23. The van der Waals surface area contributed by atoms with Gasteiger partial charge in [-0.3, -0.25) is 0 Å². The van der Waals surface area contributed by atoms with Crippen LogP contribution >= 0.6 is 0 Å². The second-order valence-electron chi connectivity index (χ2n) is 2.72. The van der Waals surface area contributed by atoms with Crippen LogP contribution in [-0.2, 0) is 0 Å². The summed E-state index contributed by atoms with van der Waals surface area (Å²) in [4.78, 5) is 0. The van der Waals surface area contributed by atoms with Gasteiger partial charge in [-0.2, -0.15) is 15.3 Å². The Hall–Kier alpha value is -1.84. The fourth-order valence-corrected chi connectivity index (χ4v) is 1.13. The van der Waals surface area contributed by atoms with Crippen LogP contribution in [0.4, 0.5) is 5.69 Å². The van der Waals surface area contributed by atoms with E-state index in [-0.39, 0.29) is 0 Å². The summed E-state index contributed by atoms with van der Waals surface area (Å²) < 4.78 is 5.10. The van der Waals surface area contributed by atoms with Crippen LogP contribution in [0.1, 0.15) is 5.56 Å².